The van der Waals surface area contributed by atoms with Crippen molar-refractivity contribution < 1.29 is 17.9 Å². The van der Waals surface area contributed by atoms with Gasteiger partial charge in [0.25, 0.3) is 15.9 Å². The molecule has 0 atom stereocenters. The van der Waals surface area contributed by atoms with Gasteiger partial charge in [0.1, 0.15) is 5.75 Å². The minimum atomic E-state index is -3.81. The SMILES string of the molecule is CCOc1ccc(S(=O)(=O)Nc2cccc(C(=O)NCc3n[nH]c(=S)n3C)c2)cc1. The van der Waals surface area contributed by atoms with Crippen LogP contribution in [-0.2, 0) is 23.6 Å². The van der Waals surface area contributed by atoms with E-state index in [0.717, 1.165) is 0 Å². The first kappa shape index (κ1) is 21.5. The van der Waals surface area contributed by atoms with E-state index in [-0.39, 0.29) is 23.0 Å². The summed E-state index contributed by atoms with van der Waals surface area (Å²) in [5.74, 6) is 0.787. The fraction of sp³-hybridized carbons (Fsp3) is 0.211. The van der Waals surface area contributed by atoms with Gasteiger partial charge in [-0.05, 0) is 61.6 Å². The summed E-state index contributed by atoms with van der Waals surface area (Å²) in [6.45, 7) is 2.51. The molecule has 9 nitrogen and oxygen atoms in total. The van der Waals surface area contributed by atoms with E-state index >= 15 is 0 Å². The number of carbonyl (C=O) groups excluding carboxylic acids is 1. The van der Waals surface area contributed by atoms with Gasteiger partial charge in [0, 0.05) is 18.3 Å². The van der Waals surface area contributed by atoms with Crippen molar-refractivity contribution in [2.45, 2.75) is 18.4 Å². The molecule has 0 saturated carbocycles. The van der Waals surface area contributed by atoms with E-state index in [1.54, 1.807) is 41.9 Å². The molecule has 11 heteroatoms. The number of nitrogens with one attached hydrogen (secondary N) is 3. The van der Waals surface area contributed by atoms with Crippen LogP contribution in [0.3, 0.4) is 0 Å². The Balaban J connectivity index is 1.70. The second-order valence-corrected chi connectivity index (χ2v) is 8.35. The third-order valence-electron chi connectivity index (χ3n) is 4.20. The number of hydrogen-bond donors (Lipinski definition) is 3. The van der Waals surface area contributed by atoms with Crippen LogP contribution < -0.4 is 14.8 Å². The maximum Gasteiger partial charge on any atom is 0.261 e. The Labute approximate surface area is 179 Å². The molecule has 3 aromatic rings. The summed E-state index contributed by atoms with van der Waals surface area (Å²) in [5, 5.41) is 9.40. The summed E-state index contributed by atoms with van der Waals surface area (Å²) in [4.78, 5) is 12.5. The van der Waals surface area contributed by atoms with Gasteiger partial charge in [0.15, 0.2) is 10.6 Å². The van der Waals surface area contributed by atoms with Crippen LogP contribution >= 0.6 is 12.2 Å². The maximum atomic E-state index is 12.6. The van der Waals surface area contributed by atoms with Crippen molar-refractivity contribution in [3.63, 3.8) is 0 Å². The molecular weight excluding hydrogens is 426 g/mol. The van der Waals surface area contributed by atoms with E-state index in [1.165, 1.54) is 18.2 Å². The number of aromatic amines is 1. The van der Waals surface area contributed by atoms with E-state index in [4.69, 9.17) is 17.0 Å². The fourth-order valence-corrected chi connectivity index (χ4v) is 3.82. The molecule has 0 bridgehead atoms. The third kappa shape index (κ3) is 5.05. The molecule has 0 unspecified atom stereocenters. The zero-order valence-corrected chi connectivity index (χ0v) is 18.0. The molecule has 158 valence electrons. The summed E-state index contributed by atoms with van der Waals surface area (Å²) in [6.07, 6.45) is 0. The highest BCUT2D eigenvalue weighted by Gasteiger charge is 2.15. The predicted molar refractivity (Wildman–Crippen MR) is 114 cm³/mol. The standard InChI is InChI=1S/C19H21N5O4S2/c1-3-28-15-7-9-16(10-8-15)30(26,27)23-14-6-4-5-13(11-14)18(25)20-12-17-21-22-19(29)24(17)2/h4-11,23H,3,12H2,1-2H3,(H,20,25)(H,22,29). The van der Waals surface area contributed by atoms with Crippen molar-refractivity contribution in [1.82, 2.24) is 20.1 Å². The van der Waals surface area contributed by atoms with Crippen LogP contribution in [0.4, 0.5) is 5.69 Å². The van der Waals surface area contributed by atoms with Crippen LogP contribution in [0.1, 0.15) is 23.1 Å². The monoisotopic (exact) mass is 447 g/mol. The molecule has 30 heavy (non-hydrogen) atoms. The molecule has 0 aliphatic rings. The Kier molecular flexibility index (Phi) is 6.53. The topological polar surface area (TPSA) is 118 Å². The van der Waals surface area contributed by atoms with Crippen LogP contribution in [0.5, 0.6) is 5.75 Å². The smallest absolute Gasteiger partial charge is 0.261 e. The number of carbonyl (C=O) groups is 1. The van der Waals surface area contributed by atoms with E-state index in [2.05, 4.69) is 20.2 Å². The average molecular weight is 448 g/mol. The van der Waals surface area contributed by atoms with Gasteiger partial charge >= 0.3 is 0 Å². The fourth-order valence-electron chi connectivity index (χ4n) is 2.62. The lowest BCUT2D eigenvalue weighted by Crippen LogP contribution is -2.24. The normalized spacial score (nSPS) is 11.1. The number of nitrogens with zero attached hydrogens (tertiary/aromatic N) is 2. The first-order valence-corrected chi connectivity index (χ1v) is 10.9. The minimum absolute atomic E-state index is 0.0894. The zero-order chi connectivity index (χ0) is 21.7. The summed E-state index contributed by atoms with van der Waals surface area (Å²) in [5.41, 5.74) is 0.577. The molecule has 0 fully saturated rings. The van der Waals surface area contributed by atoms with E-state index < -0.39 is 10.0 Å². The van der Waals surface area contributed by atoms with Crippen LogP contribution in [0.25, 0.3) is 0 Å². The first-order chi connectivity index (χ1) is 14.3. The number of ether oxygens (including phenoxy) is 1. The Morgan fingerprint density at radius 2 is 1.97 bits per heavy atom. The molecule has 0 spiro atoms. The number of anilines is 1. The minimum Gasteiger partial charge on any atom is -0.494 e. The van der Waals surface area contributed by atoms with Gasteiger partial charge in [-0.1, -0.05) is 6.07 Å². The number of rotatable bonds is 8. The average Bonchev–Trinajstić information content (AvgIpc) is 3.04. The van der Waals surface area contributed by atoms with Gasteiger partial charge in [0.05, 0.1) is 18.0 Å². The number of sulfonamides is 1. The lowest BCUT2D eigenvalue weighted by atomic mass is 10.2. The summed E-state index contributed by atoms with van der Waals surface area (Å²) in [7, 11) is -2.07. The number of H-pyrrole nitrogens is 1. The zero-order valence-electron chi connectivity index (χ0n) is 16.4. The van der Waals surface area contributed by atoms with Gasteiger partial charge < -0.3 is 14.6 Å². The molecule has 0 radical (unpaired) electrons. The maximum absolute atomic E-state index is 12.6. The van der Waals surface area contributed by atoms with Gasteiger partial charge in [-0.15, -0.1) is 0 Å². The Hall–Kier alpha value is -3.18. The summed E-state index contributed by atoms with van der Waals surface area (Å²) >= 11 is 5.04. The molecule has 0 saturated heterocycles. The first-order valence-electron chi connectivity index (χ1n) is 9.04. The van der Waals surface area contributed by atoms with Crippen molar-refractivity contribution in [2.24, 2.45) is 7.05 Å². The second-order valence-electron chi connectivity index (χ2n) is 6.28. The van der Waals surface area contributed by atoms with Crippen LogP contribution in [0, 0.1) is 4.77 Å². The Morgan fingerprint density at radius 3 is 2.60 bits per heavy atom. The molecule has 3 N–H and O–H groups in total. The van der Waals surface area contributed by atoms with Crippen molar-refractivity contribution in [3.05, 3.63) is 64.7 Å². The second kappa shape index (κ2) is 9.09. The lowest BCUT2D eigenvalue weighted by molar-refractivity contribution is 0.0949. The van der Waals surface area contributed by atoms with E-state index in [1.807, 2.05) is 6.92 Å². The molecule has 0 aliphatic carbocycles. The van der Waals surface area contributed by atoms with Gasteiger partial charge in [-0.25, -0.2) is 8.42 Å². The Bertz CT molecular complexity index is 1200. The summed E-state index contributed by atoms with van der Waals surface area (Å²) in [6, 6.07) is 12.3. The van der Waals surface area contributed by atoms with Crippen molar-refractivity contribution in [1.29, 1.82) is 0 Å². The molecule has 1 heterocycles. The van der Waals surface area contributed by atoms with Crippen molar-refractivity contribution in [2.75, 3.05) is 11.3 Å². The molecule has 1 aromatic heterocycles. The number of hydrogen-bond acceptors (Lipinski definition) is 6. The van der Waals surface area contributed by atoms with E-state index in [0.29, 0.717) is 28.5 Å². The predicted octanol–water partition coefficient (Wildman–Crippen LogP) is 2.61. The molecule has 2 aromatic carbocycles. The lowest BCUT2D eigenvalue weighted by Gasteiger charge is -2.11. The quantitative estimate of drug-likeness (QED) is 0.457. The Morgan fingerprint density at radius 1 is 1.23 bits per heavy atom. The van der Waals surface area contributed by atoms with Crippen LogP contribution in [-0.4, -0.2) is 35.7 Å². The molecule has 0 aliphatic heterocycles. The van der Waals surface area contributed by atoms with Crippen LogP contribution in [0.15, 0.2) is 53.4 Å². The summed E-state index contributed by atoms with van der Waals surface area (Å²) < 4.78 is 35.2. The van der Waals surface area contributed by atoms with Crippen LogP contribution in [0.2, 0.25) is 0 Å². The number of benzene rings is 2. The largest absolute Gasteiger partial charge is 0.494 e. The highest BCUT2D eigenvalue weighted by molar-refractivity contribution is 7.92. The third-order valence-corrected chi connectivity index (χ3v) is 5.96. The molecule has 1 amide bonds. The number of aromatic nitrogens is 3. The van der Waals surface area contributed by atoms with Gasteiger partial charge in [0.2, 0.25) is 0 Å². The van der Waals surface area contributed by atoms with E-state index in [9.17, 15) is 13.2 Å². The highest BCUT2D eigenvalue weighted by atomic mass is 32.2. The molecular formula is C19H21N5O4S2. The van der Waals surface area contributed by atoms with Gasteiger partial charge in [-0.3, -0.25) is 14.6 Å². The number of amides is 1. The highest BCUT2D eigenvalue weighted by Crippen LogP contribution is 2.20. The van der Waals surface area contributed by atoms with Crippen molar-refractivity contribution >= 4 is 33.8 Å². The van der Waals surface area contributed by atoms with Gasteiger partial charge in [-0.2, -0.15) is 5.10 Å². The van der Waals surface area contributed by atoms with Crippen molar-refractivity contribution in [3.8, 4) is 5.75 Å². The molecule has 3 rings (SSSR count).